The van der Waals surface area contributed by atoms with E-state index in [0.29, 0.717) is 47.3 Å². The highest BCUT2D eigenvalue weighted by Gasteiger charge is 2.32. The van der Waals surface area contributed by atoms with Crippen molar-refractivity contribution < 1.29 is 38.1 Å². The van der Waals surface area contributed by atoms with Gasteiger partial charge in [-0.15, -0.1) is 0 Å². The highest BCUT2D eigenvalue weighted by Crippen LogP contribution is 2.36. The molecule has 1 aliphatic heterocycles. The summed E-state index contributed by atoms with van der Waals surface area (Å²) >= 11 is 2.18. The number of amides is 3. The largest absolute Gasteiger partial charge is 0.493 e. The molecule has 3 aromatic rings. The number of benzene rings is 3. The van der Waals surface area contributed by atoms with Gasteiger partial charge in [0.05, 0.1) is 41.7 Å². The number of hydrogen-bond acceptors (Lipinski definition) is 9. The molecule has 242 valence electrons. The molecule has 0 aliphatic carbocycles. The third kappa shape index (κ3) is 8.90. The van der Waals surface area contributed by atoms with Crippen LogP contribution in [0, 0.1) is 3.57 Å². The van der Waals surface area contributed by atoms with E-state index >= 15 is 0 Å². The van der Waals surface area contributed by atoms with E-state index in [1.54, 1.807) is 38.1 Å². The Morgan fingerprint density at radius 1 is 0.978 bits per heavy atom. The number of rotatable bonds is 14. The van der Waals surface area contributed by atoms with Crippen molar-refractivity contribution in [1.29, 1.82) is 0 Å². The van der Waals surface area contributed by atoms with Gasteiger partial charge in [-0.1, -0.05) is 36.4 Å². The zero-order chi connectivity index (χ0) is 33.1. The van der Waals surface area contributed by atoms with Crippen molar-refractivity contribution in [3.8, 4) is 23.0 Å². The van der Waals surface area contributed by atoms with Crippen LogP contribution in [0.2, 0.25) is 0 Å². The van der Waals surface area contributed by atoms with Gasteiger partial charge in [-0.3, -0.25) is 4.79 Å². The van der Waals surface area contributed by atoms with E-state index in [9.17, 15) is 14.4 Å². The van der Waals surface area contributed by atoms with Crippen LogP contribution in [0.1, 0.15) is 43.5 Å². The normalized spacial score (nSPS) is 14.3. The number of halogens is 1. The molecule has 0 aromatic heterocycles. The second kappa shape index (κ2) is 16.5. The number of carbonyl (C=O) groups is 3. The standard InChI is InChI=1S/C33H35IN4O8/c1-5-43-27-15-22(14-24(34)31(27)46-18-21-10-8-7-9-11-21)17-35-38-28(39)19-45-25-13-12-23(16-26(25)42-4)30-29(32(40)44-6-2)20(3)36-33(41)37-30/h7-17,30H,5-6,18-19H2,1-4H3,(H,38,39)(H2,36,37,41)/b35-17-/t30-/m0/s1. The Morgan fingerprint density at radius 2 is 1.76 bits per heavy atom. The van der Waals surface area contributed by atoms with Crippen LogP contribution in [0.15, 0.2) is 77.0 Å². The Labute approximate surface area is 280 Å². The van der Waals surface area contributed by atoms with Crippen molar-refractivity contribution >= 4 is 46.7 Å². The molecule has 3 N–H and O–H groups in total. The topological polar surface area (TPSA) is 146 Å². The van der Waals surface area contributed by atoms with Gasteiger partial charge in [-0.05, 0) is 84.3 Å². The maximum Gasteiger partial charge on any atom is 0.338 e. The Balaban J connectivity index is 1.39. The van der Waals surface area contributed by atoms with Crippen molar-refractivity contribution in [3.63, 3.8) is 0 Å². The SMILES string of the molecule is CCOC(=O)C1=C(C)NC(=O)N[C@H]1c1ccc(OCC(=O)N/N=C\c2cc(I)c(OCc3ccccc3)c(OCC)c2)c(OC)c1. The number of nitrogens with zero attached hydrogens (tertiary/aromatic N) is 1. The van der Waals surface area contributed by atoms with E-state index < -0.39 is 23.9 Å². The molecule has 3 aromatic carbocycles. The molecule has 46 heavy (non-hydrogen) atoms. The van der Waals surface area contributed by atoms with Crippen LogP contribution in [0.4, 0.5) is 4.79 Å². The number of urea groups is 1. The van der Waals surface area contributed by atoms with E-state index in [1.807, 2.05) is 43.3 Å². The van der Waals surface area contributed by atoms with E-state index in [0.717, 1.165) is 9.13 Å². The molecule has 1 heterocycles. The van der Waals surface area contributed by atoms with E-state index in [1.165, 1.54) is 13.3 Å². The molecule has 0 saturated heterocycles. The van der Waals surface area contributed by atoms with Crippen molar-refractivity contribution in [3.05, 3.63) is 92.2 Å². The average molecular weight is 743 g/mol. The number of hydrazone groups is 1. The van der Waals surface area contributed by atoms with Crippen LogP contribution in [-0.4, -0.2) is 51.1 Å². The van der Waals surface area contributed by atoms with Crippen LogP contribution >= 0.6 is 22.6 Å². The molecule has 0 saturated carbocycles. The smallest absolute Gasteiger partial charge is 0.338 e. The van der Waals surface area contributed by atoms with Crippen LogP contribution in [0.5, 0.6) is 23.0 Å². The monoisotopic (exact) mass is 742 g/mol. The summed E-state index contributed by atoms with van der Waals surface area (Å²) in [7, 11) is 1.45. The van der Waals surface area contributed by atoms with E-state index in [4.69, 9.17) is 23.7 Å². The lowest BCUT2D eigenvalue weighted by molar-refractivity contribution is -0.139. The molecular formula is C33H35IN4O8. The fraction of sp³-hybridized carbons (Fsp3) is 0.273. The predicted octanol–water partition coefficient (Wildman–Crippen LogP) is 5.00. The molecule has 0 unspecified atom stereocenters. The van der Waals surface area contributed by atoms with Crippen LogP contribution in [-0.2, 0) is 20.9 Å². The van der Waals surface area contributed by atoms with Gasteiger partial charge in [-0.2, -0.15) is 5.10 Å². The van der Waals surface area contributed by atoms with Gasteiger partial charge < -0.3 is 34.3 Å². The Kier molecular flexibility index (Phi) is 12.2. The first-order valence-electron chi connectivity index (χ1n) is 14.4. The lowest BCUT2D eigenvalue weighted by Crippen LogP contribution is -2.45. The molecule has 4 rings (SSSR count). The molecule has 12 nitrogen and oxygen atoms in total. The quantitative estimate of drug-likeness (QED) is 0.0907. The summed E-state index contributed by atoms with van der Waals surface area (Å²) in [6, 6.07) is 17.2. The van der Waals surface area contributed by atoms with Crippen molar-refractivity contribution in [2.24, 2.45) is 5.10 Å². The minimum atomic E-state index is -0.774. The number of allylic oxidation sites excluding steroid dienone is 1. The number of hydrogen-bond donors (Lipinski definition) is 3. The number of esters is 1. The summed E-state index contributed by atoms with van der Waals surface area (Å²) in [5.74, 6) is 0.734. The summed E-state index contributed by atoms with van der Waals surface area (Å²) < 4.78 is 29.0. The van der Waals surface area contributed by atoms with Gasteiger partial charge in [0.2, 0.25) is 0 Å². The third-order valence-electron chi connectivity index (χ3n) is 6.60. The number of nitrogens with one attached hydrogen (secondary N) is 3. The Bertz CT molecular complexity index is 1630. The first-order chi connectivity index (χ1) is 22.2. The second-order valence-electron chi connectivity index (χ2n) is 9.82. The van der Waals surface area contributed by atoms with Gasteiger partial charge in [0.25, 0.3) is 5.91 Å². The maximum atomic E-state index is 12.6. The third-order valence-corrected chi connectivity index (χ3v) is 7.41. The second-order valence-corrected chi connectivity index (χ2v) is 11.0. The highest BCUT2D eigenvalue weighted by molar-refractivity contribution is 14.1. The summed E-state index contributed by atoms with van der Waals surface area (Å²) in [6.07, 6.45) is 1.50. The molecule has 0 bridgehead atoms. The van der Waals surface area contributed by atoms with Crippen LogP contribution in [0.3, 0.4) is 0 Å². The number of carbonyl (C=O) groups excluding carboxylic acids is 3. The van der Waals surface area contributed by atoms with Gasteiger partial charge in [0, 0.05) is 5.70 Å². The zero-order valence-electron chi connectivity index (χ0n) is 25.8. The molecule has 0 fully saturated rings. The molecule has 3 amide bonds. The molecule has 0 radical (unpaired) electrons. The average Bonchev–Trinajstić information content (AvgIpc) is 3.03. The summed E-state index contributed by atoms with van der Waals surface area (Å²) in [5, 5.41) is 9.40. The summed E-state index contributed by atoms with van der Waals surface area (Å²) in [6.45, 7) is 5.90. The van der Waals surface area contributed by atoms with E-state index in [2.05, 4.69) is 43.8 Å². The number of ether oxygens (including phenoxy) is 5. The van der Waals surface area contributed by atoms with Gasteiger partial charge in [0.1, 0.15) is 6.61 Å². The number of methoxy groups -OCH3 is 1. The van der Waals surface area contributed by atoms with Crippen molar-refractivity contribution in [2.75, 3.05) is 26.9 Å². The lowest BCUT2D eigenvalue weighted by atomic mass is 9.95. The first kappa shape index (κ1) is 34.1. The fourth-order valence-corrected chi connectivity index (χ4v) is 5.34. The molecule has 1 aliphatic rings. The Hall–Kier alpha value is -4.79. The maximum absolute atomic E-state index is 12.6. The molecule has 13 heteroatoms. The Morgan fingerprint density at radius 3 is 2.48 bits per heavy atom. The van der Waals surface area contributed by atoms with Crippen LogP contribution in [0.25, 0.3) is 0 Å². The van der Waals surface area contributed by atoms with E-state index in [-0.39, 0.29) is 24.5 Å². The minimum absolute atomic E-state index is 0.183. The predicted molar refractivity (Wildman–Crippen MR) is 179 cm³/mol. The first-order valence-corrected chi connectivity index (χ1v) is 15.5. The fourth-order valence-electron chi connectivity index (χ4n) is 4.56. The summed E-state index contributed by atoms with van der Waals surface area (Å²) in [4.78, 5) is 37.3. The van der Waals surface area contributed by atoms with Gasteiger partial charge in [-0.25, -0.2) is 15.0 Å². The van der Waals surface area contributed by atoms with Crippen LogP contribution < -0.4 is 35.0 Å². The van der Waals surface area contributed by atoms with Crippen molar-refractivity contribution in [1.82, 2.24) is 16.1 Å². The summed E-state index contributed by atoms with van der Waals surface area (Å²) in [5.41, 5.74) is 5.42. The van der Waals surface area contributed by atoms with Crippen molar-refractivity contribution in [2.45, 2.75) is 33.4 Å². The van der Waals surface area contributed by atoms with Gasteiger partial charge in [0.15, 0.2) is 29.6 Å². The minimum Gasteiger partial charge on any atom is -0.493 e. The van der Waals surface area contributed by atoms with Gasteiger partial charge >= 0.3 is 12.0 Å². The lowest BCUT2D eigenvalue weighted by Gasteiger charge is -2.28. The molecule has 1 atom stereocenters. The zero-order valence-corrected chi connectivity index (χ0v) is 28.0. The molecule has 0 spiro atoms. The molecular weight excluding hydrogens is 707 g/mol. The highest BCUT2D eigenvalue weighted by atomic mass is 127.